The van der Waals surface area contributed by atoms with Crippen LogP contribution in [0.15, 0.2) is 60.8 Å². The number of carbonyl (C=O) groups is 4. The van der Waals surface area contributed by atoms with Crippen LogP contribution < -0.4 is 15.0 Å². The molecule has 1 atom stereocenters. The number of hydrogen-bond donors (Lipinski definition) is 3. The zero-order valence-electron chi connectivity index (χ0n) is 18.2. The Balaban J connectivity index is 0.000000556. The molecule has 3 rings (SSSR count). The maximum Gasteiger partial charge on any atom is 0.328 e. The van der Waals surface area contributed by atoms with Crippen LogP contribution in [0.3, 0.4) is 0 Å². The minimum Gasteiger partial charge on any atom is -0.492 e. The first kappa shape index (κ1) is 28.1. The second-order valence-corrected chi connectivity index (χ2v) is 7.87. The third kappa shape index (κ3) is 10.1. The number of hydrogen-bond acceptors (Lipinski definition) is 8. The fourth-order valence-corrected chi connectivity index (χ4v) is 3.46. The average Bonchev–Trinajstić information content (AvgIpc) is 3.11. The normalized spacial score (nSPS) is 14.4. The van der Waals surface area contributed by atoms with Gasteiger partial charge in [-0.25, -0.2) is 14.6 Å². The number of amides is 2. The topological polar surface area (TPSA) is 178 Å². The first-order valence-electron chi connectivity index (χ1n) is 9.74. The summed E-state index contributed by atoms with van der Waals surface area (Å²) in [5, 5.41) is 17.3. The van der Waals surface area contributed by atoms with E-state index in [0.717, 1.165) is 35.4 Å². The van der Waals surface area contributed by atoms with E-state index in [4.69, 9.17) is 14.9 Å². The summed E-state index contributed by atoms with van der Waals surface area (Å²) >= 11 is 1.05. The van der Waals surface area contributed by atoms with Gasteiger partial charge in [-0.15, -0.1) is 0 Å². The van der Waals surface area contributed by atoms with Gasteiger partial charge in [0.05, 0.1) is 11.8 Å². The van der Waals surface area contributed by atoms with Crippen LogP contribution in [0.2, 0.25) is 0 Å². The summed E-state index contributed by atoms with van der Waals surface area (Å²) in [6.45, 7) is 1.27. The van der Waals surface area contributed by atoms with Gasteiger partial charge < -0.3 is 25.3 Å². The van der Waals surface area contributed by atoms with Gasteiger partial charge in [0.2, 0.25) is 5.91 Å². The van der Waals surface area contributed by atoms with Crippen LogP contribution in [0.4, 0.5) is 10.6 Å². The van der Waals surface area contributed by atoms with E-state index in [1.165, 1.54) is 0 Å². The van der Waals surface area contributed by atoms with Crippen LogP contribution in [0.5, 0.6) is 5.75 Å². The maximum absolute atomic E-state index is 11.6. The van der Waals surface area contributed by atoms with E-state index in [0.29, 0.717) is 25.2 Å². The molecule has 0 aliphatic carbocycles. The van der Waals surface area contributed by atoms with E-state index in [2.05, 4.69) is 10.3 Å². The van der Waals surface area contributed by atoms with E-state index >= 15 is 0 Å². The quantitative estimate of drug-likeness (QED) is 0.434. The number of carbonyl (C=O) groups excluding carboxylic acids is 2. The molecule has 1 unspecified atom stereocenters. The molecule has 11 nitrogen and oxygen atoms in total. The predicted molar refractivity (Wildman–Crippen MR) is 126 cm³/mol. The smallest absolute Gasteiger partial charge is 0.328 e. The first-order valence-corrected chi connectivity index (χ1v) is 10.6. The molecule has 2 heterocycles. The number of carboxylic acid groups (broad SMARTS) is 2. The number of ether oxygens (including phenoxy) is 1. The van der Waals surface area contributed by atoms with Crippen LogP contribution in [-0.2, 0) is 20.8 Å². The SMILES string of the molecule is CN(CCOc1ccc(CC2SC(=O)NC2=O)cc1)c1ccccn1.O.O=C(O)/C=C\C(=O)O. The molecule has 5 N–H and O–H groups in total. The zero-order valence-corrected chi connectivity index (χ0v) is 19.0. The molecule has 182 valence electrons. The number of likely N-dealkylation sites (N-methyl/N-ethyl adjacent to an activating group) is 1. The van der Waals surface area contributed by atoms with Crippen LogP contribution in [0.25, 0.3) is 0 Å². The third-order valence-corrected chi connectivity index (χ3v) is 5.20. The van der Waals surface area contributed by atoms with Gasteiger partial charge in [0, 0.05) is 25.4 Å². The van der Waals surface area contributed by atoms with E-state index < -0.39 is 11.9 Å². The van der Waals surface area contributed by atoms with Crippen molar-refractivity contribution in [2.45, 2.75) is 11.7 Å². The van der Waals surface area contributed by atoms with Crippen molar-refractivity contribution in [1.82, 2.24) is 10.3 Å². The Morgan fingerprint density at radius 3 is 2.26 bits per heavy atom. The number of carboxylic acids is 2. The summed E-state index contributed by atoms with van der Waals surface area (Å²) in [5.41, 5.74) is 1.00. The largest absolute Gasteiger partial charge is 0.492 e. The molecule has 1 aliphatic heterocycles. The highest BCUT2D eigenvalue weighted by molar-refractivity contribution is 8.15. The summed E-state index contributed by atoms with van der Waals surface area (Å²) in [7, 11) is 1.97. The van der Waals surface area contributed by atoms with Gasteiger partial charge in [-0.3, -0.25) is 14.9 Å². The summed E-state index contributed by atoms with van der Waals surface area (Å²) in [6.07, 6.45) is 3.41. The molecule has 1 aliphatic rings. The number of rotatable bonds is 9. The standard InChI is InChI=1S/C18H19N3O3S.C4H4O4.H2O/c1-21(16-4-2-3-9-19-16)10-11-24-14-7-5-13(6-8-14)12-15-17(22)20-18(23)25-15;5-3(6)1-2-4(7)8;/h2-9,15H,10-12H2,1H3,(H,20,22,23);1-2H,(H,5,6)(H,7,8);1H2/b;2-1-;. The number of aromatic nitrogens is 1. The minimum absolute atomic E-state index is 0. The summed E-state index contributed by atoms with van der Waals surface area (Å²) in [5.74, 6) is -1.05. The van der Waals surface area contributed by atoms with Crippen LogP contribution in [-0.4, -0.2) is 69.2 Å². The van der Waals surface area contributed by atoms with Gasteiger partial charge in [-0.05, 0) is 36.2 Å². The van der Waals surface area contributed by atoms with Gasteiger partial charge in [0.1, 0.15) is 18.2 Å². The summed E-state index contributed by atoms with van der Waals surface area (Å²) in [4.78, 5) is 48.2. The van der Waals surface area contributed by atoms with E-state index in [1.807, 2.05) is 54.4 Å². The molecular formula is C22H25N3O8S. The number of thioether (sulfide) groups is 1. The lowest BCUT2D eigenvalue weighted by atomic mass is 10.1. The number of benzene rings is 1. The van der Waals surface area contributed by atoms with Crippen LogP contribution in [0, 0.1) is 0 Å². The Morgan fingerprint density at radius 1 is 1.12 bits per heavy atom. The molecule has 12 heteroatoms. The van der Waals surface area contributed by atoms with Gasteiger partial charge in [-0.1, -0.05) is 30.0 Å². The van der Waals surface area contributed by atoms with Crippen molar-refractivity contribution in [2.75, 3.05) is 25.1 Å². The number of nitrogens with one attached hydrogen (secondary N) is 1. The number of aliphatic carboxylic acids is 2. The highest BCUT2D eigenvalue weighted by Gasteiger charge is 2.31. The average molecular weight is 492 g/mol. The van der Waals surface area contributed by atoms with E-state index in [9.17, 15) is 19.2 Å². The Labute approximate surface area is 199 Å². The van der Waals surface area contributed by atoms with Crippen molar-refractivity contribution in [3.63, 3.8) is 0 Å². The molecular weight excluding hydrogens is 466 g/mol. The Hall–Kier alpha value is -3.90. The molecule has 0 spiro atoms. The molecule has 1 fully saturated rings. The number of pyridine rings is 1. The van der Waals surface area contributed by atoms with Crippen molar-refractivity contribution < 1.29 is 39.6 Å². The van der Waals surface area contributed by atoms with Crippen molar-refractivity contribution in [1.29, 1.82) is 0 Å². The molecule has 1 aromatic heterocycles. The fourth-order valence-electron chi connectivity index (χ4n) is 2.60. The lowest BCUT2D eigenvalue weighted by Gasteiger charge is -2.18. The molecule has 34 heavy (non-hydrogen) atoms. The number of imide groups is 1. The van der Waals surface area contributed by atoms with Crippen LogP contribution in [0.1, 0.15) is 5.56 Å². The third-order valence-electron chi connectivity index (χ3n) is 4.22. The van der Waals surface area contributed by atoms with Crippen molar-refractivity contribution in [3.05, 3.63) is 66.4 Å². The molecule has 2 aromatic rings. The van der Waals surface area contributed by atoms with Crippen molar-refractivity contribution in [3.8, 4) is 5.75 Å². The molecule has 2 amide bonds. The van der Waals surface area contributed by atoms with E-state index in [1.54, 1.807) is 6.20 Å². The molecule has 1 aromatic carbocycles. The highest BCUT2D eigenvalue weighted by Crippen LogP contribution is 2.23. The minimum atomic E-state index is -1.26. The second-order valence-electron chi connectivity index (χ2n) is 6.70. The molecule has 0 radical (unpaired) electrons. The number of anilines is 1. The maximum atomic E-state index is 11.6. The van der Waals surface area contributed by atoms with Gasteiger partial charge in [-0.2, -0.15) is 0 Å². The fraction of sp³-hybridized carbons (Fsp3) is 0.227. The lowest BCUT2D eigenvalue weighted by molar-refractivity contribution is -0.134. The van der Waals surface area contributed by atoms with Crippen LogP contribution >= 0.6 is 11.8 Å². The Kier molecular flexibility index (Phi) is 11.8. The van der Waals surface area contributed by atoms with E-state index in [-0.39, 0.29) is 21.9 Å². The highest BCUT2D eigenvalue weighted by atomic mass is 32.2. The predicted octanol–water partition coefficient (Wildman–Crippen LogP) is 1.38. The lowest BCUT2D eigenvalue weighted by Crippen LogP contribution is -2.25. The summed E-state index contributed by atoms with van der Waals surface area (Å²) in [6, 6.07) is 13.4. The molecule has 0 saturated carbocycles. The van der Waals surface area contributed by atoms with Crippen molar-refractivity contribution in [2.24, 2.45) is 0 Å². The molecule has 0 bridgehead atoms. The first-order chi connectivity index (χ1) is 15.7. The molecule has 1 saturated heterocycles. The Bertz CT molecular complexity index is 983. The zero-order chi connectivity index (χ0) is 24.2. The Morgan fingerprint density at radius 2 is 1.76 bits per heavy atom. The second kappa shape index (κ2) is 14.3. The number of nitrogens with zero attached hydrogens (tertiary/aromatic N) is 2. The van der Waals surface area contributed by atoms with Gasteiger partial charge >= 0.3 is 11.9 Å². The van der Waals surface area contributed by atoms with Gasteiger partial charge in [0.15, 0.2) is 0 Å². The van der Waals surface area contributed by atoms with Crippen molar-refractivity contribution >= 4 is 40.7 Å². The summed E-state index contributed by atoms with van der Waals surface area (Å²) < 4.78 is 5.75. The monoisotopic (exact) mass is 491 g/mol. The van der Waals surface area contributed by atoms with Gasteiger partial charge in [0.25, 0.3) is 5.24 Å².